The average Bonchev–Trinajstić information content (AvgIpc) is 3.15. The number of hydrogen-bond donors (Lipinski definition) is 0. The predicted octanol–water partition coefficient (Wildman–Crippen LogP) is 4.09. The molecule has 1 aliphatic heterocycles. The molecule has 0 N–H and O–H groups in total. The molecule has 1 aliphatic rings. The minimum Gasteiger partial charge on any atom is -0.339 e. The van der Waals surface area contributed by atoms with E-state index >= 15 is 0 Å². The molecule has 1 atom stereocenters. The van der Waals surface area contributed by atoms with Gasteiger partial charge in [-0.2, -0.15) is 4.98 Å². The summed E-state index contributed by atoms with van der Waals surface area (Å²) in [6.45, 7) is 2.70. The standard InChI is InChI=1S/C21H20FN3O2/c1-14-6-2-4-8-17(14)20-23-21(27-24-20)16-10-11-19(26)25(13-16)12-15-7-3-5-9-18(15)22/h2-9,16H,10-13H2,1H3/t16-/m1/s1. The normalized spacial score (nSPS) is 17.3. The summed E-state index contributed by atoms with van der Waals surface area (Å²) < 4.78 is 19.4. The lowest BCUT2D eigenvalue weighted by Gasteiger charge is -2.31. The maximum atomic E-state index is 13.9. The smallest absolute Gasteiger partial charge is 0.231 e. The van der Waals surface area contributed by atoms with Gasteiger partial charge >= 0.3 is 0 Å². The Bertz CT molecular complexity index is 969. The topological polar surface area (TPSA) is 59.2 Å². The molecule has 0 aliphatic carbocycles. The van der Waals surface area contributed by atoms with Gasteiger partial charge in [0.15, 0.2) is 0 Å². The van der Waals surface area contributed by atoms with Crippen molar-refractivity contribution in [3.05, 3.63) is 71.4 Å². The van der Waals surface area contributed by atoms with Crippen molar-refractivity contribution < 1.29 is 13.7 Å². The minimum absolute atomic E-state index is 0.0214. The van der Waals surface area contributed by atoms with E-state index in [1.807, 2.05) is 31.2 Å². The third-order valence-electron chi connectivity index (χ3n) is 5.00. The molecular formula is C21H20FN3O2. The number of carbonyl (C=O) groups is 1. The van der Waals surface area contributed by atoms with Crippen molar-refractivity contribution in [2.45, 2.75) is 32.2 Å². The first-order valence-electron chi connectivity index (χ1n) is 9.02. The van der Waals surface area contributed by atoms with E-state index in [0.717, 1.165) is 11.1 Å². The van der Waals surface area contributed by atoms with Crippen molar-refractivity contribution >= 4 is 5.91 Å². The van der Waals surface area contributed by atoms with Crippen molar-refractivity contribution in [2.75, 3.05) is 6.54 Å². The van der Waals surface area contributed by atoms with Crippen molar-refractivity contribution in [2.24, 2.45) is 0 Å². The molecule has 1 amide bonds. The molecule has 0 spiro atoms. The molecule has 27 heavy (non-hydrogen) atoms. The van der Waals surface area contributed by atoms with Crippen LogP contribution in [0.3, 0.4) is 0 Å². The summed E-state index contributed by atoms with van der Waals surface area (Å²) in [5.41, 5.74) is 2.52. The Labute approximate surface area is 156 Å². The maximum Gasteiger partial charge on any atom is 0.231 e. The fraction of sp³-hybridized carbons (Fsp3) is 0.286. The number of aromatic nitrogens is 2. The van der Waals surface area contributed by atoms with Crippen LogP contribution < -0.4 is 0 Å². The van der Waals surface area contributed by atoms with Gasteiger partial charge in [0, 0.05) is 30.6 Å². The summed E-state index contributed by atoms with van der Waals surface area (Å²) in [6.07, 6.45) is 1.04. The van der Waals surface area contributed by atoms with Crippen LogP contribution in [0.15, 0.2) is 53.1 Å². The first-order valence-corrected chi connectivity index (χ1v) is 9.02. The molecule has 5 nitrogen and oxygen atoms in total. The Morgan fingerprint density at radius 1 is 1.19 bits per heavy atom. The zero-order chi connectivity index (χ0) is 18.8. The summed E-state index contributed by atoms with van der Waals surface area (Å²) in [6, 6.07) is 14.4. The van der Waals surface area contributed by atoms with E-state index in [9.17, 15) is 9.18 Å². The fourth-order valence-electron chi connectivity index (χ4n) is 3.44. The lowest BCUT2D eigenvalue weighted by molar-refractivity contribution is -0.134. The highest BCUT2D eigenvalue weighted by Crippen LogP contribution is 2.29. The molecule has 138 valence electrons. The van der Waals surface area contributed by atoms with Crippen LogP contribution in [-0.4, -0.2) is 27.5 Å². The first-order chi connectivity index (χ1) is 13.1. The van der Waals surface area contributed by atoms with Gasteiger partial charge in [-0.3, -0.25) is 4.79 Å². The highest BCUT2D eigenvalue weighted by atomic mass is 19.1. The molecule has 0 unspecified atom stereocenters. The van der Waals surface area contributed by atoms with Crippen molar-refractivity contribution in [1.29, 1.82) is 0 Å². The zero-order valence-electron chi connectivity index (χ0n) is 15.1. The minimum atomic E-state index is -0.299. The van der Waals surface area contributed by atoms with Gasteiger partial charge < -0.3 is 9.42 Å². The molecule has 0 radical (unpaired) electrons. The Morgan fingerprint density at radius 3 is 2.78 bits per heavy atom. The number of hydrogen-bond acceptors (Lipinski definition) is 4. The highest BCUT2D eigenvalue weighted by Gasteiger charge is 2.31. The second kappa shape index (κ2) is 7.31. The lowest BCUT2D eigenvalue weighted by atomic mass is 9.96. The number of amides is 1. The van der Waals surface area contributed by atoms with E-state index in [1.165, 1.54) is 6.07 Å². The van der Waals surface area contributed by atoms with Crippen LogP contribution in [0.25, 0.3) is 11.4 Å². The molecule has 0 bridgehead atoms. The van der Waals surface area contributed by atoms with Crippen molar-refractivity contribution in [3.8, 4) is 11.4 Å². The summed E-state index contributed by atoms with van der Waals surface area (Å²) in [5.74, 6) is 0.764. The van der Waals surface area contributed by atoms with Gasteiger partial charge in [-0.25, -0.2) is 4.39 Å². The number of nitrogens with zero attached hydrogens (tertiary/aromatic N) is 3. The largest absolute Gasteiger partial charge is 0.339 e. The van der Waals surface area contributed by atoms with Crippen LogP contribution in [0.1, 0.15) is 35.8 Å². The van der Waals surface area contributed by atoms with Crippen molar-refractivity contribution in [3.63, 3.8) is 0 Å². The Hall–Kier alpha value is -3.02. The quantitative estimate of drug-likeness (QED) is 0.699. The van der Waals surface area contributed by atoms with Gasteiger partial charge in [-0.15, -0.1) is 0 Å². The second-order valence-corrected chi connectivity index (χ2v) is 6.87. The third kappa shape index (κ3) is 3.60. The molecular weight excluding hydrogens is 345 g/mol. The molecule has 3 aromatic rings. The van der Waals surface area contributed by atoms with Crippen LogP contribution >= 0.6 is 0 Å². The van der Waals surface area contributed by atoms with Crippen LogP contribution in [0.2, 0.25) is 0 Å². The number of rotatable bonds is 4. The average molecular weight is 365 g/mol. The van der Waals surface area contributed by atoms with Gasteiger partial charge in [-0.1, -0.05) is 47.6 Å². The van der Waals surface area contributed by atoms with E-state index in [4.69, 9.17) is 4.52 Å². The molecule has 1 aromatic heterocycles. The number of likely N-dealkylation sites (tertiary alicyclic amines) is 1. The SMILES string of the molecule is Cc1ccccc1-c1noc([C@@H]2CCC(=O)N(Cc3ccccc3F)C2)n1. The molecule has 1 saturated heterocycles. The number of halogens is 1. The van der Waals surface area contributed by atoms with Crippen LogP contribution in [0.4, 0.5) is 4.39 Å². The van der Waals surface area contributed by atoms with E-state index in [1.54, 1.807) is 23.1 Å². The third-order valence-corrected chi connectivity index (χ3v) is 5.00. The Morgan fingerprint density at radius 2 is 1.96 bits per heavy atom. The number of aryl methyl sites for hydroxylation is 1. The van der Waals surface area contributed by atoms with Gasteiger partial charge in [0.05, 0.1) is 5.92 Å². The lowest BCUT2D eigenvalue weighted by Crippen LogP contribution is -2.38. The van der Waals surface area contributed by atoms with Gasteiger partial charge in [0.1, 0.15) is 5.82 Å². The van der Waals surface area contributed by atoms with Gasteiger partial charge in [0.2, 0.25) is 17.6 Å². The van der Waals surface area contributed by atoms with Gasteiger partial charge in [-0.05, 0) is 25.0 Å². The predicted molar refractivity (Wildman–Crippen MR) is 98.3 cm³/mol. The van der Waals surface area contributed by atoms with Gasteiger partial charge in [0.25, 0.3) is 0 Å². The monoisotopic (exact) mass is 365 g/mol. The Balaban J connectivity index is 1.52. The summed E-state index contributed by atoms with van der Waals surface area (Å²) in [4.78, 5) is 18.5. The molecule has 4 rings (SSSR count). The maximum absolute atomic E-state index is 13.9. The summed E-state index contributed by atoms with van der Waals surface area (Å²) in [7, 11) is 0. The highest BCUT2D eigenvalue weighted by molar-refractivity contribution is 5.77. The molecule has 6 heteroatoms. The number of carbonyl (C=O) groups excluding carboxylic acids is 1. The van der Waals surface area contributed by atoms with Crippen molar-refractivity contribution in [1.82, 2.24) is 15.0 Å². The Kier molecular flexibility index (Phi) is 4.71. The fourth-order valence-corrected chi connectivity index (χ4v) is 3.44. The number of piperidine rings is 1. The first kappa shape index (κ1) is 17.4. The zero-order valence-corrected chi connectivity index (χ0v) is 15.1. The van der Waals surface area contributed by atoms with Crippen LogP contribution in [0.5, 0.6) is 0 Å². The van der Waals surface area contributed by atoms with Crippen LogP contribution in [0, 0.1) is 12.7 Å². The summed E-state index contributed by atoms with van der Waals surface area (Å²) >= 11 is 0. The molecule has 2 aromatic carbocycles. The van der Waals surface area contributed by atoms with E-state index < -0.39 is 0 Å². The van der Waals surface area contributed by atoms with E-state index in [-0.39, 0.29) is 24.2 Å². The summed E-state index contributed by atoms with van der Waals surface area (Å²) in [5, 5.41) is 4.12. The van der Waals surface area contributed by atoms with E-state index in [2.05, 4.69) is 10.1 Å². The molecule has 2 heterocycles. The molecule has 0 saturated carbocycles. The molecule has 1 fully saturated rings. The number of benzene rings is 2. The van der Waals surface area contributed by atoms with E-state index in [0.29, 0.717) is 36.7 Å². The van der Waals surface area contributed by atoms with Crippen LogP contribution in [-0.2, 0) is 11.3 Å². The second-order valence-electron chi connectivity index (χ2n) is 6.87.